The lowest BCUT2D eigenvalue weighted by molar-refractivity contribution is 0.295. The second kappa shape index (κ2) is 8.87. The van der Waals surface area contributed by atoms with E-state index in [2.05, 4.69) is 5.10 Å². The summed E-state index contributed by atoms with van der Waals surface area (Å²) < 4.78 is 30.7. The van der Waals surface area contributed by atoms with Crippen molar-refractivity contribution in [1.29, 1.82) is 0 Å². The van der Waals surface area contributed by atoms with Gasteiger partial charge in [0.1, 0.15) is 10.8 Å². The van der Waals surface area contributed by atoms with E-state index in [9.17, 15) is 13.2 Å². The largest absolute Gasteiger partial charge is 0.351 e. The molecule has 3 aromatic rings. The summed E-state index contributed by atoms with van der Waals surface area (Å²) in [7, 11) is -0.374. The molecule has 0 bridgehead atoms. The molecule has 8 nitrogen and oxygen atoms in total. The number of rotatable bonds is 6. The number of hydrogen-bond donors (Lipinski definition) is 0. The molecule has 0 aliphatic carbocycles. The summed E-state index contributed by atoms with van der Waals surface area (Å²) in [6.45, 7) is 1.11. The van der Waals surface area contributed by atoms with Crippen LogP contribution in [0.1, 0.15) is 30.1 Å². The highest BCUT2D eigenvalue weighted by Crippen LogP contribution is 2.30. The maximum atomic E-state index is 13.3. The fraction of sp³-hybridized carbons (Fsp3) is 0.400. The summed E-state index contributed by atoms with van der Waals surface area (Å²) in [6.07, 6.45) is 1.21. The maximum Gasteiger partial charge on any atom is 0.351 e. The van der Waals surface area contributed by atoms with Crippen molar-refractivity contribution < 1.29 is 8.42 Å². The average molecular weight is 482 g/mol. The molecule has 0 radical (unpaired) electrons. The smallest absolute Gasteiger partial charge is 0.246 e. The van der Waals surface area contributed by atoms with E-state index in [1.165, 1.54) is 38.7 Å². The summed E-state index contributed by atoms with van der Waals surface area (Å²) in [4.78, 5) is 13.3. The molecule has 11 heteroatoms. The number of piperidine rings is 1. The Morgan fingerprint density at radius 3 is 2.55 bits per heavy atom. The highest BCUT2D eigenvalue weighted by Gasteiger charge is 2.33. The Hall–Kier alpha value is -1.98. The van der Waals surface area contributed by atoms with Crippen LogP contribution in [0.15, 0.2) is 46.6 Å². The standard InChI is InChI=1S/C20H24ClN5O3S2/c1-23(2)31(28,29)24-10-8-16(9-11-24)19-22-25(14-15-5-3-6-17(21)13-15)20(27)26(19)18-7-4-12-30-18/h3-7,12-13,16H,8-11,14H2,1-2H3. The second-order valence-corrected chi connectivity index (χ2v) is 11.2. The van der Waals surface area contributed by atoms with E-state index < -0.39 is 10.2 Å². The van der Waals surface area contributed by atoms with Gasteiger partial charge in [-0.25, -0.2) is 14.0 Å². The van der Waals surface area contributed by atoms with Crippen LogP contribution in [0.3, 0.4) is 0 Å². The summed E-state index contributed by atoms with van der Waals surface area (Å²) in [5.41, 5.74) is 0.685. The first-order valence-electron chi connectivity index (χ1n) is 9.93. The van der Waals surface area contributed by atoms with Gasteiger partial charge in [-0.3, -0.25) is 0 Å². The summed E-state index contributed by atoms with van der Waals surface area (Å²) >= 11 is 7.57. The third kappa shape index (κ3) is 4.49. The second-order valence-electron chi connectivity index (χ2n) is 7.68. The molecular weight excluding hydrogens is 458 g/mol. The van der Waals surface area contributed by atoms with Crippen molar-refractivity contribution in [3.63, 3.8) is 0 Å². The Morgan fingerprint density at radius 2 is 1.94 bits per heavy atom. The Labute approximate surface area is 190 Å². The fourth-order valence-electron chi connectivity index (χ4n) is 3.78. The van der Waals surface area contributed by atoms with Crippen LogP contribution in [0.25, 0.3) is 5.00 Å². The minimum absolute atomic E-state index is 0.0102. The topological polar surface area (TPSA) is 80.4 Å². The molecule has 0 spiro atoms. The molecule has 0 N–H and O–H groups in total. The lowest BCUT2D eigenvalue weighted by Gasteiger charge is -2.32. The number of benzene rings is 1. The van der Waals surface area contributed by atoms with Gasteiger partial charge < -0.3 is 0 Å². The van der Waals surface area contributed by atoms with Crippen molar-refractivity contribution in [1.82, 2.24) is 23.0 Å². The van der Waals surface area contributed by atoms with Crippen LogP contribution < -0.4 is 5.69 Å². The Kier molecular flexibility index (Phi) is 6.36. The summed E-state index contributed by atoms with van der Waals surface area (Å²) in [5, 5.41) is 8.03. The molecule has 1 saturated heterocycles. The first-order chi connectivity index (χ1) is 14.8. The highest BCUT2D eigenvalue weighted by molar-refractivity contribution is 7.86. The lowest BCUT2D eigenvalue weighted by atomic mass is 9.97. The van der Waals surface area contributed by atoms with Gasteiger partial charge in [0.2, 0.25) is 0 Å². The van der Waals surface area contributed by atoms with Gasteiger partial charge in [0.15, 0.2) is 0 Å². The van der Waals surface area contributed by atoms with Crippen molar-refractivity contribution in [2.75, 3.05) is 27.2 Å². The van der Waals surface area contributed by atoms with Crippen LogP contribution in [0.5, 0.6) is 0 Å². The lowest BCUT2D eigenvalue weighted by Crippen LogP contribution is -2.44. The predicted molar refractivity (Wildman–Crippen MR) is 122 cm³/mol. The molecule has 1 aliphatic rings. The molecular formula is C20H24ClN5O3S2. The summed E-state index contributed by atoms with van der Waals surface area (Å²) in [6, 6.07) is 11.2. The molecule has 1 aliphatic heterocycles. The van der Waals surface area contributed by atoms with Gasteiger partial charge in [-0.15, -0.1) is 11.3 Å². The summed E-state index contributed by atoms with van der Waals surface area (Å²) in [5.74, 6) is 0.667. The maximum absolute atomic E-state index is 13.3. The molecule has 2 aromatic heterocycles. The van der Waals surface area contributed by atoms with Gasteiger partial charge in [-0.2, -0.15) is 22.1 Å². The van der Waals surface area contributed by atoms with Crippen LogP contribution in [0.2, 0.25) is 5.02 Å². The van der Waals surface area contributed by atoms with Crippen LogP contribution in [0, 0.1) is 0 Å². The van der Waals surface area contributed by atoms with E-state index in [1.54, 1.807) is 10.6 Å². The molecule has 166 valence electrons. The number of halogens is 1. The highest BCUT2D eigenvalue weighted by atomic mass is 35.5. The van der Waals surface area contributed by atoms with E-state index in [0.29, 0.717) is 43.3 Å². The Balaban J connectivity index is 1.65. The number of aromatic nitrogens is 3. The van der Waals surface area contributed by atoms with Gasteiger partial charge >= 0.3 is 5.69 Å². The fourth-order valence-corrected chi connectivity index (χ4v) is 5.86. The average Bonchev–Trinajstić information content (AvgIpc) is 3.36. The Morgan fingerprint density at radius 1 is 1.19 bits per heavy atom. The van der Waals surface area contributed by atoms with Gasteiger partial charge in [0.25, 0.3) is 10.2 Å². The molecule has 1 fully saturated rings. The quantitative estimate of drug-likeness (QED) is 0.542. The van der Waals surface area contributed by atoms with Gasteiger partial charge in [0.05, 0.1) is 6.54 Å². The normalized spacial score (nSPS) is 16.3. The number of hydrogen-bond acceptors (Lipinski definition) is 5. The third-order valence-electron chi connectivity index (χ3n) is 5.42. The molecule has 0 amide bonds. The minimum Gasteiger partial charge on any atom is -0.246 e. The Bertz CT molecular complexity index is 1210. The van der Waals surface area contributed by atoms with Crippen molar-refractivity contribution in [2.45, 2.75) is 25.3 Å². The molecule has 0 unspecified atom stereocenters. The van der Waals surface area contributed by atoms with E-state index in [-0.39, 0.29) is 11.6 Å². The van der Waals surface area contributed by atoms with Gasteiger partial charge in [-0.1, -0.05) is 23.7 Å². The number of thiophene rings is 1. The van der Waals surface area contributed by atoms with Gasteiger partial charge in [0, 0.05) is 38.1 Å². The van der Waals surface area contributed by atoms with E-state index in [1.807, 2.05) is 35.7 Å². The van der Waals surface area contributed by atoms with E-state index in [4.69, 9.17) is 11.6 Å². The van der Waals surface area contributed by atoms with Crippen LogP contribution in [-0.2, 0) is 16.8 Å². The molecule has 1 aromatic carbocycles. The molecule has 0 atom stereocenters. The van der Waals surface area contributed by atoms with E-state index in [0.717, 1.165) is 10.6 Å². The van der Waals surface area contributed by atoms with Crippen LogP contribution in [-0.4, -0.2) is 58.6 Å². The third-order valence-corrected chi connectivity index (χ3v) is 8.45. The van der Waals surface area contributed by atoms with Crippen molar-refractivity contribution in [3.8, 4) is 5.00 Å². The van der Waals surface area contributed by atoms with Crippen LogP contribution in [0.4, 0.5) is 0 Å². The molecule has 3 heterocycles. The predicted octanol–water partition coefficient (Wildman–Crippen LogP) is 2.78. The van der Waals surface area contributed by atoms with Crippen molar-refractivity contribution >= 4 is 33.1 Å². The van der Waals surface area contributed by atoms with Crippen molar-refractivity contribution in [3.05, 3.63) is 68.7 Å². The number of nitrogens with zero attached hydrogens (tertiary/aromatic N) is 5. The zero-order valence-electron chi connectivity index (χ0n) is 17.3. The first kappa shape index (κ1) is 22.2. The SMILES string of the molecule is CN(C)S(=O)(=O)N1CCC(c2nn(Cc3cccc(Cl)c3)c(=O)n2-c2cccs2)CC1. The molecule has 4 rings (SSSR count). The first-order valence-corrected chi connectivity index (χ1v) is 12.6. The molecule has 0 saturated carbocycles. The zero-order chi connectivity index (χ0) is 22.2. The van der Waals surface area contributed by atoms with Gasteiger partial charge in [-0.05, 0) is 48.1 Å². The van der Waals surface area contributed by atoms with Crippen molar-refractivity contribution in [2.24, 2.45) is 0 Å². The van der Waals surface area contributed by atoms with E-state index >= 15 is 0 Å². The monoisotopic (exact) mass is 481 g/mol. The molecule has 31 heavy (non-hydrogen) atoms. The zero-order valence-corrected chi connectivity index (χ0v) is 19.7. The van der Waals surface area contributed by atoms with Crippen LogP contribution >= 0.6 is 22.9 Å². The minimum atomic E-state index is -3.44.